The first-order valence-corrected chi connectivity index (χ1v) is 7.82. The highest BCUT2D eigenvalue weighted by molar-refractivity contribution is 5.96. The smallest absolute Gasteiger partial charge is 0.103 e. The maximum atomic E-state index is 9.33. The summed E-state index contributed by atoms with van der Waals surface area (Å²) in [6.07, 6.45) is 5.66. The minimum Gasteiger partial charge on any atom is -0.396 e. The molecule has 0 amide bonds. The first-order chi connectivity index (χ1) is 10.7. The Bertz CT molecular complexity index is 689. The minimum absolute atomic E-state index is 0.263. The van der Waals surface area contributed by atoms with Crippen LogP contribution in [0.2, 0.25) is 0 Å². The van der Waals surface area contributed by atoms with Crippen LogP contribution in [0.3, 0.4) is 0 Å². The van der Waals surface area contributed by atoms with E-state index in [-0.39, 0.29) is 6.61 Å². The molecule has 0 saturated carbocycles. The Balaban J connectivity index is 2.21. The molecule has 0 spiro atoms. The number of benzene rings is 1. The van der Waals surface area contributed by atoms with Gasteiger partial charge in [0.25, 0.3) is 0 Å². The summed E-state index contributed by atoms with van der Waals surface area (Å²) in [4.78, 5) is 4.43. The zero-order chi connectivity index (χ0) is 15.9. The second-order valence-electron chi connectivity index (χ2n) is 5.70. The molecular weight excluding hydrogens is 274 g/mol. The summed E-state index contributed by atoms with van der Waals surface area (Å²) in [5, 5.41) is 22.5. The Kier molecular flexibility index (Phi) is 5.74. The molecule has 0 aliphatic carbocycles. The minimum atomic E-state index is 0.263. The quantitative estimate of drug-likeness (QED) is 0.765. The number of aromatic nitrogens is 1. The van der Waals surface area contributed by atoms with Crippen LogP contribution in [0.15, 0.2) is 18.3 Å². The van der Waals surface area contributed by atoms with E-state index in [1.165, 1.54) is 5.56 Å². The van der Waals surface area contributed by atoms with Crippen LogP contribution in [0.4, 0.5) is 5.69 Å². The number of aliphatic hydroxyl groups is 1. The molecule has 1 aromatic carbocycles. The second kappa shape index (κ2) is 7.77. The van der Waals surface area contributed by atoms with Gasteiger partial charge in [0.05, 0.1) is 16.8 Å². The Morgan fingerprint density at radius 2 is 1.95 bits per heavy atom. The highest BCUT2D eigenvalue weighted by Gasteiger charge is 2.10. The van der Waals surface area contributed by atoms with E-state index in [2.05, 4.69) is 35.4 Å². The van der Waals surface area contributed by atoms with Crippen LogP contribution in [-0.2, 0) is 0 Å². The first kappa shape index (κ1) is 16.3. The van der Waals surface area contributed by atoms with Crippen molar-refractivity contribution in [2.24, 2.45) is 0 Å². The Morgan fingerprint density at radius 3 is 2.68 bits per heavy atom. The van der Waals surface area contributed by atoms with Gasteiger partial charge in [-0.05, 0) is 38.3 Å². The molecule has 116 valence electrons. The Labute approximate surface area is 131 Å². The number of pyridine rings is 1. The van der Waals surface area contributed by atoms with Gasteiger partial charge in [0.2, 0.25) is 0 Å². The van der Waals surface area contributed by atoms with Gasteiger partial charge >= 0.3 is 0 Å². The topological polar surface area (TPSA) is 68.9 Å². The fraction of sp³-hybridized carbons (Fsp3) is 0.444. The number of anilines is 1. The number of nitrogens with one attached hydrogen (secondary N) is 1. The molecule has 22 heavy (non-hydrogen) atoms. The molecule has 0 unspecified atom stereocenters. The summed E-state index contributed by atoms with van der Waals surface area (Å²) in [5.74, 6) is 0. The third-order valence-electron chi connectivity index (χ3n) is 3.81. The monoisotopic (exact) mass is 297 g/mol. The van der Waals surface area contributed by atoms with E-state index in [0.717, 1.165) is 54.4 Å². The van der Waals surface area contributed by atoms with Gasteiger partial charge in [0.15, 0.2) is 0 Å². The lowest BCUT2D eigenvalue weighted by Crippen LogP contribution is -2.05. The second-order valence-corrected chi connectivity index (χ2v) is 5.70. The van der Waals surface area contributed by atoms with Crippen LogP contribution in [-0.4, -0.2) is 23.2 Å². The van der Waals surface area contributed by atoms with Gasteiger partial charge in [-0.25, -0.2) is 0 Å². The van der Waals surface area contributed by atoms with Crippen molar-refractivity contribution in [3.8, 4) is 6.07 Å². The lowest BCUT2D eigenvalue weighted by atomic mass is 10.0. The Morgan fingerprint density at radius 1 is 1.18 bits per heavy atom. The molecule has 0 aliphatic rings. The molecule has 0 atom stereocenters. The molecule has 2 rings (SSSR count). The number of aryl methyl sites for hydroxylation is 2. The van der Waals surface area contributed by atoms with E-state index < -0.39 is 0 Å². The first-order valence-electron chi connectivity index (χ1n) is 7.82. The summed E-state index contributed by atoms with van der Waals surface area (Å²) in [6, 6.07) is 6.43. The van der Waals surface area contributed by atoms with Crippen molar-refractivity contribution in [2.75, 3.05) is 18.5 Å². The van der Waals surface area contributed by atoms with Gasteiger partial charge in [0.1, 0.15) is 6.07 Å². The third-order valence-corrected chi connectivity index (χ3v) is 3.81. The highest BCUT2D eigenvalue weighted by atomic mass is 16.2. The SMILES string of the molecule is Cc1cc(C)c2ncc(C#N)c(NCCCCCCO)c2c1. The van der Waals surface area contributed by atoms with E-state index in [4.69, 9.17) is 5.11 Å². The zero-order valence-corrected chi connectivity index (χ0v) is 13.3. The number of nitriles is 1. The van der Waals surface area contributed by atoms with Crippen molar-refractivity contribution in [3.63, 3.8) is 0 Å². The normalized spacial score (nSPS) is 10.6. The molecule has 4 heteroatoms. The number of hydrogen-bond acceptors (Lipinski definition) is 4. The average Bonchev–Trinajstić information content (AvgIpc) is 2.50. The van der Waals surface area contributed by atoms with E-state index in [0.29, 0.717) is 5.56 Å². The van der Waals surface area contributed by atoms with Crippen molar-refractivity contribution in [2.45, 2.75) is 39.5 Å². The van der Waals surface area contributed by atoms with Gasteiger partial charge in [-0.15, -0.1) is 0 Å². The number of nitrogens with zero attached hydrogens (tertiary/aromatic N) is 2. The van der Waals surface area contributed by atoms with Crippen LogP contribution in [0.1, 0.15) is 42.4 Å². The van der Waals surface area contributed by atoms with Crippen LogP contribution < -0.4 is 5.32 Å². The van der Waals surface area contributed by atoms with Crippen LogP contribution >= 0.6 is 0 Å². The molecule has 0 aliphatic heterocycles. The number of unbranched alkanes of at least 4 members (excludes halogenated alkanes) is 3. The van der Waals surface area contributed by atoms with Crippen molar-refractivity contribution in [3.05, 3.63) is 35.0 Å². The lowest BCUT2D eigenvalue weighted by Gasteiger charge is -2.13. The van der Waals surface area contributed by atoms with E-state index >= 15 is 0 Å². The van der Waals surface area contributed by atoms with E-state index in [9.17, 15) is 5.26 Å². The van der Waals surface area contributed by atoms with Crippen LogP contribution in [0.25, 0.3) is 10.9 Å². The molecule has 0 fully saturated rings. The van der Waals surface area contributed by atoms with Crippen molar-refractivity contribution in [1.82, 2.24) is 4.98 Å². The predicted molar refractivity (Wildman–Crippen MR) is 90.0 cm³/mol. The van der Waals surface area contributed by atoms with Gasteiger partial charge in [-0.2, -0.15) is 5.26 Å². The number of aliphatic hydroxyl groups excluding tert-OH is 1. The Hall–Kier alpha value is -2.12. The predicted octanol–water partition coefficient (Wildman–Crippen LogP) is 3.69. The maximum absolute atomic E-state index is 9.33. The van der Waals surface area contributed by atoms with Gasteiger partial charge in [-0.1, -0.05) is 24.5 Å². The molecule has 2 aromatic rings. The van der Waals surface area contributed by atoms with Crippen LogP contribution in [0, 0.1) is 25.2 Å². The molecule has 1 heterocycles. The van der Waals surface area contributed by atoms with Gasteiger partial charge < -0.3 is 10.4 Å². The average molecular weight is 297 g/mol. The summed E-state index contributed by atoms with van der Waals surface area (Å²) in [6.45, 7) is 5.20. The molecule has 2 N–H and O–H groups in total. The fourth-order valence-electron chi connectivity index (χ4n) is 2.74. The van der Waals surface area contributed by atoms with Crippen molar-refractivity contribution >= 4 is 16.6 Å². The molecule has 0 saturated heterocycles. The van der Waals surface area contributed by atoms with Crippen LogP contribution in [0.5, 0.6) is 0 Å². The third kappa shape index (κ3) is 3.75. The molecule has 1 aromatic heterocycles. The molecular formula is C18H23N3O. The van der Waals surface area contributed by atoms with Gasteiger partial charge in [-0.3, -0.25) is 4.98 Å². The number of hydrogen-bond donors (Lipinski definition) is 2. The zero-order valence-electron chi connectivity index (χ0n) is 13.3. The van der Waals surface area contributed by atoms with Crippen molar-refractivity contribution in [1.29, 1.82) is 5.26 Å². The molecule has 4 nitrogen and oxygen atoms in total. The van der Waals surface area contributed by atoms with E-state index in [1.54, 1.807) is 6.20 Å². The lowest BCUT2D eigenvalue weighted by molar-refractivity contribution is 0.283. The highest BCUT2D eigenvalue weighted by Crippen LogP contribution is 2.28. The summed E-state index contributed by atoms with van der Waals surface area (Å²) < 4.78 is 0. The number of rotatable bonds is 7. The summed E-state index contributed by atoms with van der Waals surface area (Å²) >= 11 is 0. The van der Waals surface area contributed by atoms with E-state index in [1.807, 2.05) is 6.92 Å². The van der Waals surface area contributed by atoms with Gasteiger partial charge in [0, 0.05) is 24.7 Å². The largest absolute Gasteiger partial charge is 0.396 e. The maximum Gasteiger partial charge on any atom is 0.103 e. The summed E-state index contributed by atoms with van der Waals surface area (Å²) in [7, 11) is 0. The standard InChI is InChI=1S/C18H23N3O/c1-13-9-14(2)17-16(10-13)18(15(11-19)12-21-17)20-7-5-3-4-6-8-22/h9-10,12,22H,3-8H2,1-2H3,(H,20,21). The summed E-state index contributed by atoms with van der Waals surface area (Å²) in [5.41, 5.74) is 4.74. The fourth-order valence-corrected chi connectivity index (χ4v) is 2.74. The number of fused-ring (bicyclic) bond motifs is 1. The molecule has 0 radical (unpaired) electrons. The molecule has 0 bridgehead atoms. The van der Waals surface area contributed by atoms with Crippen molar-refractivity contribution < 1.29 is 5.11 Å².